The second-order valence-electron chi connectivity index (χ2n) is 5.05. The summed E-state index contributed by atoms with van der Waals surface area (Å²) in [4.78, 5) is 11.3. The average molecular weight is 234 g/mol. The summed E-state index contributed by atoms with van der Waals surface area (Å²) in [6, 6.07) is 2.60. The quantitative estimate of drug-likeness (QED) is 0.846. The van der Waals surface area contributed by atoms with Crippen molar-refractivity contribution in [3.63, 3.8) is 0 Å². The van der Waals surface area contributed by atoms with Crippen LogP contribution in [0.15, 0.2) is 6.07 Å². The lowest BCUT2D eigenvalue weighted by molar-refractivity contribution is 0.221. The van der Waals surface area contributed by atoms with E-state index in [1.54, 1.807) is 0 Å². The number of nitrogens with one attached hydrogen (secondary N) is 1. The molecular weight excluding hydrogens is 212 g/mol. The molecule has 4 nitrogen and oxygen atoms in total. The third-order valence-electron chi connectivity index (χ3n) is 3.55. The highest BCUT2D eigenvalue weighted by molar-refractivity contribution is 5.34. The molecule has 0 bridgehead atoms. The lowest BCUT2D eigenvalue weighted by Crippen LogP contribution is -2.31. The fourth-order valence-corrected chi connectivity index (χ4v) is 2.13. The normalized spacial score (nSPS) is 17.2. The van der Waals surface area contributed by atoms with Crippen molar-refractivity contribution in [1.29, 1.82) is 0 Å². The molecule has 0 saturated heterocycles. The van der Waals surface area contributed by atoms with Gasteiger partial charge < -0.3 is 5.32 Å². The molecule has 0 aliphatic heterocycles. The van der Waals surface area contributed by atoms with Crippen molar-refractivity contribution < 1.29 is 0 Å². The molecule has 1 aromatic heterocycles. The summed E-state index contributed by atoms with van der Waals surface area (Å²) in [7, 11) is 4.05. The third kappa shape index (κ3) is 3.16. The molecule has 1 N–H and O–H groups in total. The molecule has 1 aliphatic carbocycles. The van der Waals surface area contributed by atoms with Gasteiger partial charge in [0.25, 0.3) is 0 Å². The van der Waals surface area contributed by atoms with Crippen LogP contribution in [0, 0.1) is 12.8 Å². The summed E-state index contributed by atoms with van der Waals surface area (Å²) in [6.45, 7) is 5.14. The second kappa shape index (κ2) is 5.00. The fourth-order valence-electron chi connectivity index (χ4n) is 2.13. The molecule has 1 fully saturated rings. The summed E-state index contributed by atoms with van der Waals surface area (Å²) >= 11 is 0. The number of aryl methyl sites for hydroxylation is 1. The highest BCUT2D eigenvalue weighted by atomic mass is 15.2. The number of rotatable bonds is 5. The first-order chi connectivity index (χ1) is 8.10. The fraction of sp³-hybridized carbons (Fsp3) is 0.692. The largest absolute Gasteiger partial charge is 0.373 e. The van der Waals surface area contributed by atoms with Crippen LogP contribution in [-0.4, -0.2) is 35.0 Å². The van der Waals surface area contributed by atoms with E-state index in [1.165, 1.54) is 12.8 Å². The molecule has 1 saturated carbocycles. The maximum absolute atomic E-state index is 4.49. The molecule has 17 heavy (non-hydrogen) atoms. The Morgan fingerprint density at radius 1 is 1.47 bits per heavy atom. The van der Waals surface area contributed by atoms with Crippen LogP contribution in [0.3, 0.4) is 0 Å². The molecule has 4 heteroatoms. The number of anilines is 1. The predicted molar refractivity (Wildman–Crippen MR) is 70.0 cm³/mol. The van der Waals surface area contributed by atoms with Gasteiger partial charge in [-0.2, -0.15) is 0 Å². The van der Waals surface area contributed by atoms with E-state index in [9.17, 15) is 0 Å². The highest BCUT2D eigenvalue weighted by Crippen LogP contribution is 2.34. The second-order valence-corrected chi connectivity index (χ2v) is 5.05. The Morgan fingerprint density at radius 2 is 2.18 bits per heavy atom. The van der Waals surface area contributed by atoms with Gasteiger partial charge in [0.05, 0.1) is 6.54 Å². The molecule has 1 atom stereocenters. The lowest BCUT2D eigenvalue weighted by atomic mass is 10.2. The molecule has 0 radical (unpaired) electrons. The molecule has 0 amide bonds. The maximum atomic E-state index is 4.49. The Balaban J connectivity index is 2.03. The lowest BCUT2D eigenvalue weighted by Gasteiger charge is -2.23. The van der Waals surface area contributed by atoms with Gasteiger partial charge in [0.1, 0.15) is 11.6 Å². The Bertz CT molecular complexity index is 387. The van der Waals surface area contributed by atoms with E-state index in [0.717, 1.165) is 29.8 Å². The van der Waals surface area contributed by atoms with Crippen molar-refractivity contribution in [3.8, 4) is 0 Å². The van der Waals surface area contributed by atoms with Gasteiger partial charge in [-0.25, -0.2) is 9.97 Å². The molecule has 2 rings (SSSR count). The highest BCUT2D eigenvalue weighted by Gasteiger charge is 2.30. The van der Waals surface area contributed by atoms with Crippen LogP contribution in [0.5, 0.6) is 0 Å². The van der Waals surface area contributed by atoms with Gasteiger partial charge in [0.2, 0.25) is 0 Å². The predicted octanol–water partition coefficient (Wildman–Crippen LogP) is 2.06. The van der Waals surface area contributed by atoms with E-state index in [4.69, 9.17) is 0 Å². The first-order valence-corrected chi connectivity index (χ1v) is 6.32. The number of hydrogen-bond acceptors (Lipinski definition) is 4. The standard InChI is InChI=1S/C13H22N4/c1-9-7-12(14-3)16-13(15-9)8-17(4)10(2)11-5-6-11/h7,10-11H,5-6,8H2,1-4H3,(H,14,15,16). The van der Waals surface area contributed by atoms with E-state index < -0.39 is 0 Å². The Hall–Kier alpha value is -1.16. The van der Waals surface area contributed by atoms with Crippen molar-refractivity contribution in [3.05, 3.63) is 17.6 Å². The number of hydrogen-bond donors (Lipinski definition) is 1. The van der Waals surface area contributed by atoms with Crippen LogP contribution in [0.25, 0.3) is 0 Å². The van der Waals surface area contributed by atoms with Crippen molar-refractivity contribution in [2.24, 2.45) is 5.92 Å². The summed E-state index contributed by atoms with van der Waals surface area (Å²) in [5, 5.41) is 3.08. The Morgan fingerprint density at radius 3 is 2.76 bits per heavy atom. The number of aromatic nitrogens is 2. The van der Waals surface area contributed by atoms with Crippen LogP contribution < -0.4 is 5.32 Å². The summed E-state index contributed by atoms with van der Waals surface area (Å²) in [5.74, 6) is 2.69. The number of nitrogens with zero attached hydrogens (tertiary/aromatic N) is 3. The van der Waals surface area contributed by atoms with Gasteiger partial charge in [-0.3, -0.25) is 4.90 Å². The van der Waals surface area contributed by atoms with E-state index in [0.29, 0.717) is 6.04 Å². The summed E-state index contributed by atoms with van der Waals surface area (Å²) in [6.07, 6.45) is 2.75. The molecular formula is C13H22N4. The van der Waals surface area contributed by atoms with Crippen LogP contribution in [-0.2, 0) is 6.54 Å². The minimum Gasteiger partial charge on any atom is -0.373 e. The van der Waals surface area contributed by atoms with Gasteiger partial charge >= 0.3 is 0 Å². The molecule has 94 valence electrons. The van der Waals surface area contributed by atoms with Gasteiger partial charge in [-0.1, -0.05) is 0 Å². The van der Waals surface area contributed by atoms with Crippen LogP contribution in [0.2, 0.25) is 0 Å². The van der Waals surface area contributed by atoms with Crippen LogP contribution in [0.1, 0.15) is 31.3 Å². The molecule has 0 aromatic carbocycles. The smallest absolute Gasteiger partial charge is 0.144 e. The SMILES string of the molecule is CNc1cc(C)nc(CN(C)C(C)C2CC2)n1. The van der Waals surface area contributed by atoms with Gasteiger partial charge in [-0.15, -0.1) is 0 Å². The van der Waals surface area contributed by atoms with Crippen molar-refractivity contribution in [2.75, 3.05) is 19.4 Å². The minimum atomic E-state index is 0.636. The van der Waals surface area contributed by atoms with Crippen molar-refractivity contribution >= 4 is 5.82 Å². The van der Waals surface area contributed by atoms with E-state index in [-0.39, 0.29) is 0 Å². The Labute approximate surface area is 103 Å². The molecule has 1 unspecified atom stereocenters. The van der Waals surface area contributed by atoms with Crippen molar-refractivity contribution in [1.82, 2.24) is 14.9 Å². The molecule has 1 aromatic rings. The first kappa shape index (κ1) is 12.3. The average Bonchev–Trinajstić information content (AvgIpc) is 3.10. The van der Waals surface area contributed by atoms with E-state index >= 15 is 0 Å². The third-order valence-corrected chi connectivity index (χ3v) is 3.55. The molecule has 1 aliphatic rings. The van der Waals surface area contributed by atoms with Gasteiger partial charge in [0.15, 0.2) is 0 Å². The van der Waals surface area contributed by atoms with E-state index in [1.807, 2.05) is 20.0 Å². The monoisotopic (exact) mass is 234 g/mol. The zero-order valence-corrected chi connectivity index (χ0v) is 11.2. The minimum absolute atomic E-state index is 0.636. The topological polar surface area (TPSA) is 41.1 Å². The maximum Gasteiger partial charge on any atom is 0.144 e. The van der Waals surface area contributed by atoms with Crippen LogP contribution >= 0.6 is 0 Å². The van der Waals surface area contributed by atoms with E-state index in [2.05, 4.69) is 34.2 Å². The first-order valence-electron chi connectivity index (χ1n) is 6.32. The molecule has 1 heterocycles. The zero-order valence-electron chi connectivity index (χ0n) is 11.2. The van der Waals surface area contributed by atoms with Crippen molar-refractivity contribution in [2.45, 2.75) is 39.3 Å². The van der Waals surface area contributed by atoms with Crippen LogP contribution in [0.4, 0.5) is 5.82 Å². The summed E-state index contributed by atoms with van der Waals surface area (Å²) in [5.41, 5.74) is 1.02. The summed E-state index contributed by atoms with van der Waals surface area (Å²) < 4.78 is 0. The van der Waals surface area contributed by atoms with Gasteiger partial charge in [0, 0.05) is 24.8 Å². The molecule has 0 spiro atoms. The van der Waals surface area contributed by atoms with Gasteiger partial charge in [-0.05, 0) is 39.7 Å². The Kier molecular flexibility index (Phi) is 3.62. The zero-order chi connectivity index (χ0) is 12.4.